The Bertz CT molecular complexity index is 1850. The van der Waals surface area contributed by atoms with Crippen molar-refractivity contribution in [2.24, 2.45) is 29.6 Å². The number of rotatable bonds is 9. The lowest BCUT2D eigenvalue weighted by molar-refractivity contribution is -0.135. The van der Waals surface area contributed by atoms with E-state index in [0.29, 0.717) is 30.5 Å². The first kappa shape index (κ1) is 37.3. The van der Waals surface area contributed by atoms with Crippen LogP contribution < -0.4 is 10.1 Å². The highest BCUT2D eigenvalue weighted by atomic mass is 16.5. The van der Waals surface area contributed by atoms with Gasteiger partial charge < -0.3 is 35.6 Å². The third-order valence-electron chi connectivity index (χ3n) is 13.3. The number of ketones is 1. The van der Waals surface area contributed by atoms with E-state index in [1.165, 1.54) is 13.2 Å². The first-order valence-corrected chi connectivity index (χ1v) is 19.8. The second-order valence-corrected chi connectivity index (χ2v) is 16.0. The molecule has 1 heterocycles. The summed E-state index contributed by atoms with van der Waals surface area (Å²) in [6, 6.07) is 16.9. The van der Waals surface area contributed by atoms with Gasteiger partial charge in [0.25, 0.3) is 0 Å². The Balaban J connectivity index is 1.45. The topological polar surface area (TPSA) is 139 Å². The highest BCUT2D eigenvalue weighted by Gasteiger charge is 2.62. The van der Waals surface area contributed by atoms with E-state index in [0.717, 1.165) is 68.1 Å². The fourth-order valence-electron chi connectivity index (χ4n) is 10.9. The number of unbranched alkanes of at least 4 members (excludes halogenated alkanes) is 2. The standard InChI is InChI=1S/C45H55NO7/c1-3-4-6-13-33-37(48)22-34(35-23-41(53-2)40(51)21-31(35)26-47)28(19-27-10-7-5-8-11-27)15-16-30-25-46-42-14-9-12-32-18-17-29-20-38(49)39(50)24-36(29)45(32,42)43(30)44(33)52/h5,7-8,10-11,20-21,23-24,28,30,32-34,42-44,46-47,49-52H,3-4,6,9,12-14,17-19,22,25-26H2,1-2H3. The van der Waals surface area contributed by atoms with Gasteiger partial charge in [-0.15, -0.1) is 0 Å². The number of piperidine rings is 1. The van der Waals surface area contributed by atoms with Gasteiger partial charge in [0, 0.05) is 54.0 Å². The van der Waals surface area contributed by atoms with Crippen molar-refractivity contribution in [2.75, 3.05) is 13.7 Å². The summed E-state index contributed by atoms with van der Waals surface area (Å²) in [7, 11) is 1.49. The first-order chi connectivity index (χ1) is 25.7. The van der Waals surface area contributed by atoms with Gasteiger partial charge in [-0.2, -0.15) is 0 Å². The van der Waals surface area contributed by atoms with Gasteiger partial charge >= 0.3 is 0 Å². The molecule has 1 spiro atoms. The molecule has 1 aliphatic heterocycles. The molecule has 4 aliphatic rings. The number of methoxy groups -OCH3 is 1. The second kappa shape index (κ2) is 15.8. The Labute approximate surface area is 313 Å². The van der Waals surface area contributed by atoms with Crippen molar-refractivity contribution in [1.82, 2.24) is 5.32 Å². The van der Waals surface area contributed by atoms with Crippen molar-refractivity contribution < 1.29 is 35.1 Å². The van der Waals surface area contributed by atoms with Crippen LogP contribution in [0.5, 0.6) is 23.0 Å². The number of phenols is 3. The number of benzene rings is 3. The molecule has 3 aromatic carbocycles. The number of aromatic hydroxyl groups is 3. The average Bonchev–Trinajstić information content (AvgIpc) is 3.16. The van der Waals surface area contributed by atoms with Crippen LogP contribution >= 0.6 is 0 Å². The molecule has 1 saturated heterocycles. The number of Topliss-reactive ketones (excluding diaryl/α,β-unsaturated/α-hetero) is 1. The Hall–Kier alpha value is -4.03. The van der Waals surface area contributed by atoms with Gasteiger partial charge in [-0.05, 0) is 96.5 Å². The van der Waals surface area contributed by atoms with Crippen LogP contribution in [0.2, 0.25) is 0 Å². The van der Waals surface area contributed by atoms with Crippen LogP contribution in [0.15, 0.2) is 54.6 Å². The van der Waals surface area contributed by atoms with Crippen molar-refractivity contribution in [3.63, 3.8) is 0 Å². The largest absolute Gasteiger partial charge is 0.504 e. The number of hydrogen-bond acceptors (Lipinski definition) is 8. The number of hydrogen-bond donors (Lipinski definition) is 6. The number of carbonyl (C=O) groups is 1. The molecule has 53 heavy (non-hydrogen) atoms. The molecule has 2 fully saturated rings. The quantitative estimate of drug-likeness (QED) is 0.0819. The van der Waals surface area contributed by atoms with Crippen molar-refractivity contribution in [2.45, 2.75) is 108 Å². The maximum Gasteiger partial charge on any atom is 0.160 e. The number of nitrogens with one attached hydrogen (secondary N) is 1. The molecular formula is C45H55NO7. The van der Waals surface area contributed by atoms with E-state index in [2.05, 4.69) is 36.2 Å². The normalized spacial score (nSPS) is 30.8. The van der Waals surface area contributed by atoms with Gasteiger partial charge in [0.05, 0.1) is 19.8 Å². The van der Waals surface area contributed by atoms with Crippen LogP contribution in [-0.4, -0.2) is 57.1 Å². The lowest BCUT2D eigenvalue weighted by Gasteiger charge is -2.62. The van der Waals surface area contributed by atoms with E-state index in [9.17, 15) is 25.5 Å². The minimum atomic E-state index is -0.983. The van der Waals surface area contributed by atoms with Crippen molar-refractivity contribution >= 4 is 5.78 Å². The van der Waals surface area contributed by atoms with Gasteiger partial charge in [-0.25, -0.2) is 0 Å². The van der Waals surface area contributed by atoms with Gasteiger partial charge in [0.15, 0.2) is 23.0 Å². The fourth-order valence-corrected chi connectivity index (χ4v) is 10.9. The predicted octanol–water partition coefficient (Wildman–Crippen LogP) is 6.67. The van der Waals surface area contributed by atoms with Gasteiger partial charge in [0.2, 0.25) is 0 Å². The van der Waals surface area contributed by atoms with Crippen LogP contribution in [0.3, 0.4) is 0 Å². The Morgan fingerprint density at radius 1 is 0.962 bits per heavy atom. The van der Waals surface area contributed by atoms with Crippen LogP contribution in [0.4, 0.5) is 0 Å². The first-order valence-electron chi connectivity index (χ1n) is 19.8. The maximum atomic E-state index is 15.1. The molecule has 6 N–H and O–H groups in total. The van der Waals surface area contributed by atoms with E-state index in [1.54, 1.807) is 18.2 Å². The number of ether oxygens (including phenoxy) is 1. The molecule has 7 rings (SSSR count). The summed E-state index contributed by atoms with van der Waals surface area (Å²) in [6.07, 6.45) is 7.64. The Kier molecular flexibility index (Phi) is 11.1. The summed E-state index contributed by atoms with van der Waals surface area (Å²) < 4.78 is 5.54. The monoisotopic (exact) mass is 721 g/mol. The van der Waals surface area contributed by atoms with E-state index in [4.69, 9.17) is 4.74 Å². The van der Waals surface area contributed by atoms with Crippen molar-refractivity contribution in [3.8, 4) is 34.8 Å². The lowest BCUT2D eigenvalue weighted by atomic mass is 9.45. The van der Waals surface area contributed by atoms with Gasteiger partial charge in [-0.3, -0.25) is 4.79 Å². The summed E-state index contributed by atoms with van der Waals surface area (Å²) in [5.41, 5.74) is 3.71. The van der Waals surface area contributed by atoms with E-state index < -0.39 is 23.4 Å². The summed E-state index contributed by atoms with van der Waals surface area (Å²) in [5.74, 6) is 5.47. The fraction of sp³-hybridized carbons (Fsp3) is 0.533. The lowest BCUT2D eigenvalue weighted by Crippen LogP contribution is -2.69. The van der Waals surface area contributed by atoms with Crippen LogP contribution in [0.1, 0.15) is 98.4 Å². The zero-order valence-electron chi connectivity index (χ0n) is 31.1. The highest BCUT2D eigenvalue weighted by Crippen LogP contribution is 2.60. The third kappa shape index (κ3) is 6.81. The minimum absolute atomic E-state index is 0.0153. The Morgan fingerprint density at radius 3 is 2.51 bits per heavy atom. The van der Waals surface area contributed by atoms with Gasteiger partial charge in [0.1, 0.15) is 5.78 Å². The van der Waals surface area contributed by atoms with Crippen LogP contribution in [-0.2, 0) is 29.7 Å². The third-order valence-corrected chi connectivity index (χ3v) is 13.3. The summed E-state index contributed by atoms with van der Waals surface area (Å²) in [6.45, 7) is 2.38. The Morgan fingerprint density at radius 2 is 1.75 bits per heavy atom. The number of aliphatic hydroxyl groups is 2. The molecule has 9 unspecified atom stereocenters. The molecule has 8 heteroatoms. The molecule has 3 aromatic rings. The van der Waals surface area contributed by atoms with Crippen LogP contribution in [0.25, 0.3) is 0 Å². The molecule has 282 valence electrons. The van der Waals surface area contributed by atoms with Crippen molar-refractivity contribution in [1.29, 1.82) is 0 Å². The zero-order chi connectivity index (χ0) is 37.3. The number of fused-ring (bicyclic) bond motifs is 2. The number of phenolic OH excluding ortho intramolecular Hbond substituents is 3. The van der Waals surface area contributed by atoms with Crippen LogP contribution in [0, 0.1) is 41.4 Å². The predicted molar refractivity (Wildman–Crippen MR) is 204 cm³/mol. The molecule has 0 radical (unpaired) electrons. The van der Waals surface area contributed by atoms with E-state index in [-0.39, 0.29) is 71.5 Å². The molecule has 0 bridgehead atoms. The smallest absolute Gasteiger partial charge is 0.160 e. The molecule has 3 aliphatic carbocycles. The molecule has 9 atom stereocenters. The minimum Gasteiger partial charge on any atom is -0.504 e. The molecule has 1 saturated carbocycles. The maximum absolute atomic E-state index is 15.1. The molecular weight excluding hydrogens is 666 g/mol. The molecule has 0 aromatic heterocycles. The van der Waals surface area contributed by atoms with Gasteiger partial charge in [-0.1, -0.05) is 74.8 Å². The van der Waals surface area contributed by atoms with E-state index in [1.807, 2.05) is 18.2 Å². The zero-order valence-corrected chi connectivity index (χ0v) is 31.1. The summed E-state index contributed by atoms with van der Waals surface area (Å²) >= 11 is 0. The molecule has 0 amide bonds. The number of aliphatic hydroxyl groups excluding tert-OH is 2. The SMILES string of the molecule is CCCCCC1C(=O)CC(c2cc(OC)c(O)cc2CO)C(Cc2ccccc2)C#CC2CNC3CCCC4CCc5cc(O)c(O)cc5C43C2C1O. The second-order valence-electron chi connectivity index (χ2n) is 16.0. The highest BCUT2D eigenvalue weighted by molar-refractivity contribution is 5.83. The number of aryl methyl sites for hydroxylation is 1. The summed E-state index contributed by atoms with van der Waals surface area (Å²) in [5, 5.41) is 59.8. The van der Waals surface area contributed by atoms with Crippen molar-refractivity contribution in [3.05, 3.63) is 82.4 Å². The average molecular weight is 722 g/mol. The molecule has 8 nitrogen and oxygen atoms in total. The van der Waals surface area contributed by atoms with E-state index >= 15 is 4.79 Å². The summed E-state index contributed by atoms with van der Waals surface area (Å²) in [4.78, 5) is 15.1. The number of carbonyl (C=O) groups excluding carboxylic acids is 1.